The van der Waals surface area contributed by atoms with E-state index in [1.807, 2.05) is 19.2 Å². The molecular weight excluding hydrogens is 182 g/mol. The number of hydrogen-bond donors (Lipinski definition) is 0. The molecular formula is C10H13NOS. The fourth-order valence-electron chi connectivity index (χ4n) is 1.09. The number of aromatic nitrogens is 1. The molecule has 1 heterocycles. The number of thioether (sulfide) groups is 1. The summed E-state index contributed by atoms with van der Waals surface area (Å²) in [6.45, 7) is 1.94. The van der Waals surface area contributed by atoms with Gasteiger partial charge in [-0.15, -0.1) is 0 Å². The van der Waals surface area contributed by atoms with Crippen LogP contribution in [-0.4, -0.2) is 22.8 Å². The van der Waals surface area contributed by atoms with Gasteiger partial charge in [-0.3, -0.25) is 9.78 Å². The molecule has 1 aromatic heterocycles. The first-order chi connectivity index (χ1) is 6.25. The van der Waals surface area contributed by atoms with Gasteiger partial charge in [0.25, 0.3) is 0 Å². The lowest BCUT2D eigenvalue weighted by Crippen LogP contribution is -2.03. The molecule has 0 unspecified atom stereocenters. The second kappa shape index (κ2) is 5.02. The van der Waals surface area contributed by atoms with E-state index >= 15 is 0 Å². The topological polar surface area (TPSA) is 30.0 Å². The molecule has 0 aliphatic heterocycles. The van der Waals surface area contributed by atoms with Crippen molar-refractivity contribution in [1.82, 2.24) is 4.98 Å². The van der Waals surface area contributed by atoms with Crippen molar-refractivity contribution in [2.24, 2.45) is 0 Å². The van der Waals surface area contributed by atoms with Crippen LogP contribution in [0.3, 0.4) is 0 Å². The lowest BCUT2D eigenvalue weighted by atomic mass is 10.1. The van der Waals surface area contributed by atoms with Crippen LogP contribution in [0.2, 0.25) is 0 Å². The molecule has 0 saturated heterocycles. The number of carbonyl (C=O) groups excluding carboxylic acids is 1. The molecule has 1 rings (SSSR count). The molecule has 0 spiro atoms. The number of carbonyl (C=O) groups is 1. The Hall–Kier alpha value is -0.830. The van der Waals surface area contributed by atoms with Gasteiger partial charge in [0.15, 0.2) is 5.78 Å². The highest BCUT2D eigenvalue weighted by Crippen LogP contribution is 2.09. The molecule has 0 aliphatic rings. The van der Waals surface area contributed by atoms with Gasteiger partial charge in [-0.25, -0.2) is 0 Å². The number of aryl methyl sites for hydroxylation is 1. The molecule has 0 saturated carbocycles. The zero-order valence-corrected chi connectivity index (χ0v) is 8.73. The largest absolute Gasteiger partial charge is 0.294 e. The Morgan fingerprint density at radius 1 is 1.62 bits per heavy atom. The first kappa shape index (κ1) is 10.3. The quantitative estimate of drug-likeness (QED) is 0.691. The minimum absolute atomic E-state index is 0.194. The van der Waals surface area contributed by atoms with Crippen molar-refractivity contribution in [2.45, 2.75) is 13.3 Å². The van der Waals surface area contributed by atoms with Crippen molar-refractivity contribution in [3.63, 3.8) is 0 Å². The fraction of sp³-hybridized carbons (Fsp3) is 0.400. The molecule has 0 atom stereocenters. The zero-order chi connectivity index (χ0) is 9.68. The lowest BCUT2D eigenvalue weighted by Gasteiger charge is -2.02. The Balaban J connectivity index is 2.71. The Kier molecular flexibility index (Phi) is 3.96. The van der Waals surface area contributed by atoms with E-state index in [1.54, 1.807) is 24.2 Å². The van der Waals surface area contributed by atoms with Crippen LogP contribution in [0.5, 0.6) is 0 Å². The molecule has 70 valence electrons. The van der Waals surface area contributed by atoms with Crippen LogP contribution in [0.1, 0.15) is 22.3 Å². The Morgan fingerprint density at radius 3 is 3.00 bits per heavy atom. The molecule has 0 aromatic carbocycles. The average molecular weight is 195 g/mol. The molecule has 1 aromatic rings. The van der Waals surface area contributed by atoms with Gasteiger partial charge >= 0.3 is 0 Å². The number of ketones is 1. The number of rotatable bonds is 4. The molecule has 2 nitrogen and oxygen atoms in total. The van der Waals surface area contributed by atoms with Crippen LogP contribution < -0.4 is 0 Å². The molecule has 0 aliphatic carbocycles. The van der Waals surface area contributed by atoms with E-state index < -0.39 is 0 Å². The van der Waals surface area contributed by atoms with Crippen LogP contribution >= 0.6 is 11.8 Å². The van der Waals surface area contributed by atoms with Crippen molar-refractivity contribution < 1.29 is 4.79 Å². The van der Waals surface area contributed by atoms with Crippen LogP contribution in [0.4, 0.5) is 0 Å². The molecule has 3 heteroatoms. The molecule has 0 radical (unpaired) electrons. The second-order valence-electron chi connectivity index (χ2n) is 2.86. The van der Waals surface area contributed by atoms with Gasteiger partial charge in [-0.05, 0) is 24.8 Å². The van der Waals surface area contributed by atoms with Gasteiger partial charge in [0, 0.05) is 30.1 Å². The van der Waals surface area contributed by atoms with Crippen LogP contribution in [0.15, 0.2) is 18.5 Å². The SMILES string of the molecule is CSCCC(=O)c1cnccc1C. The first-order valence-electron chi connectivity index (χ1n) is 4.18. The van der Waals surface area contributed by atoms with E-state index in [0.29, 0.717) is 6.42 Å². The van der Waals surface area contributed by atoms with Crippen molar-refractivity contribution in [3.8, 4) is 0 Å². The Labute approximate surface area is 82.8 Å². The molecule has 0 N–H and O–H groups in total. The number of nitrogens with zero attached hydrogens (tertiary/aromatic N) is 1. The third kappa shape index (κ3) is 2.84. The van der Waals surface area contributed by atoms with Crippen molar-refractivity contribution in [3.05, 3.63) is 29.6 Å². The van der Waals surface area contributed by atoms with Gasteiger partial charge in [-0.1, -0.05) is 0 Å². The summed E-state index contributed by atoms with van der Waals surface area (Å²) >= 11 is 1.69. The van der Waals surface area contributed by atoms with Crippen molar-refractivity contribution in [1.29, 1.82) is 0 Å². The van der Waals surface area contributed by atoms with E-state index in [4.69, 9.17) is 0 Å². The predicted octanol–water partition coefficient (Wildman–Crippen LogP) is 2.33. The average Bonchev–Trinajstić information content (AvgIpc) is 2.15. The van der Waals surface area contributed by atoms with Crippen LogP contribution in [0.25, 0.3) is 0 Å². The predicted molar refractivity (Wildman–Crippen MR) is 56.3 cm³/mol. The summed E-state index contributed by atoms with van der Waals surface area (Å²) in [6, 6.07) is 1.87. The van der Waals surface area contributed by atoms with Crippen LogP contribution in [0, 0.1) is 6.92 Å². The van der Waals surface area contributed by atoms with E-state index in [1.165, 1.54) is 0 Å². The maximum absolute atomic E-state index is 11.6. The summed E-state index contributed by atoms with van der Waals surface area (Å²) < 4.78 is 0. The fourth-order valence-corrected chi connectivity index (χ4v) is 1.47. The highest BCUT2D eigenvalue weighted by Gasteiger charge is 2.07. The smallest absolute Gasteiger partial charge is 0.165 e. The monoisotopic (exact) mass is 195 g/mol. The highest BCUT2D eigenvalue weighted by atomic mass is 32.2. The van der Waals surface area contributed by atoms with Gasteiger partial charge in [-0.2, -0.15) is 11.8 Å². The summed E-state index contributed by atoms with van der Waals surface area (Å²) in [4.78, 5) is 15.5. The third-order valence-electron chi connectivity index (χ3n) is 1.87. The minimum Gasteiger partial charge on any atom is -0.294 e. The normalized spacial score (nSPS) is 10.0. The van der Waals surface area contributed by atoms with Gasteiger partial charge < -0.3 is 0 Å². The van der Waals surface area contributed by atoms with Crippen LogP contribution in [-0.2, 0) is 0 Å². The highest BCUT2D eigenvalue weighted by molar-refractivity contribution is 7.98. The third-order valence-corrected chi connectivity index (χ3v) is 2.49. The van der Waals surface area contributed by atoms with E-state index in [-0.39, 0.29) is 5.78 Å². The minimum atomic E-state index is 0.194. The molecule has 0 amide bonds. The Morgan fingerprint density at radius 2 is 2.38 bits per heavy atom. The molecule has 0 fully saturated rings. The lowest BCUT2D eigenvalue weighted by molar-refractivity contribution is 0.0988. The summed E-state index contributed by atoms with van der Waals surface area (Å²) in [5, 5.41) is 0. The number of pyridine rings is 1. The zero-order valence-electron chi connectivity index (χ0n) is 7.91. The number of hydrogen-bond acceptors (Lipinski definition) is 3. The standard InChI is InChI=1S/C10H13NOS/c1-8-3-5-11-7-9(8)10(12)4-6-13-2/h3,5,7H,4,6H2,1-2H3. The summed E-state index contributed by atoms with van der Waals surface area (Å²) in [7, 11) is 0. The Bertz CT molecular complexity index is 299. The van der Waals surface area contributed by atoms with E-state index in [9.17, 15) is 4.79 Å². The second-order valence-corrected chi connectivity index (χ2v) is 3.84. The summed E-state index contributed by atoms with van der Waals surface area (Å²) in [5.74, 6) is 1.08. The molecule has 13 heavy (non-hydrogen) atoms. The van der Waals surface area contributed by atoms with E-state index in [0.717, 1.165) is 16.9 Å². The van der Waals surface area contributed by atoms with Crippen molar-refractivity contribution in [2.75, 3.05) is 12.0 Å². The van der Waals surface area contributed by atoms with Crippen molar-refractivity contribution >= 4 is 17.5 Å². The first-order valence-corrected chi connectivity index (χ1v) is 5.58. The van der Waals surface area contributed by atoms with Gasteiger partial charge in [0.1, 0.15) is 0 Å². The summed E-state index contributed by atoms with van der Waals surface area (Å²) in [6.07, 6.45) is 5.97. The summed E-state index contributed by atoms with van der Waals surface area (Å²) in [5.41, 5.74) is 1.78. The number of Topliss-reactive ketones (excluding diaryl/α,β-unsaturated/α-hetero) is 1. The molecule has 0 bridgehead atoms. The van der Waals surface area contributed by atoms with E-state index in [2.05, 4.69) is 4.98 Å². The maximum Gasteiger partial charge on any atom is 0.165 e. The van der Waals surface area contributed by atoms with Gasteiger partial charge in [0.05, 0.1) is 0 Å². The maximum atomic E-state index is 11.6. The van der Waals surface area contributed by atoms with Gasteiger partial charge in [0.2, 0.25) is 0 Å².